The number of phenolic OH excluding ortho intramolecular Hbond substituents is 1. The Kier molecular flexibility index (Phi) is 2.08. The Morgan fingerprint density at radius 1 is 1.23 bits per heavy atom. The van der Waals surface area contributed by atoms with Gasteiger partial charge in [-0.15, -0.1) is 0 Å². The van der Waals surface area contributed by atoms with E-state index in [-0.39, 0.29) is 5.75 Å². The maximum Gasteiger partial charge on any atom is 0.188 e. The molecule has 1 aromatic carbocycles. The molecule has 0 bridgehead atoms. The first-order valence-corrected chi connectivity index (χ1v) is 4.51. The molecule has 1 aliphatic heterocycles. The lowest BCUT2D eigenvalue weighted by Crippen LogP contribution is -2.18. The molecule has 0 amide bonds. The highest BCUT2D eigenvalue weighted by molar-refractivity contribution is 5.52. The predicted octanol–water partition coefficient (Wildman–Crippen LogP) is 2.13. The molecule has 2 nitrogen and oxygen atoms in total. The van der Waals surface area contributed by atoms with Crippen LogP contribution in [-0.2, 0) is 0 Å². The van der Waals surface area contributed by atoms with Crippen LogP contribution in [0.1, 0.15) is 12.8 Å². The van der Waals surface area contributed by atoms with Crippen LogP contribution in [0.2, 0.25) is 0 Å². The van der Waals surface area contributed by atoms with Gasteiger partial charge in [0, 0.05) is 13.1 Å². The summed E-state index contributed by atoms with van der Waals surface area (Å²) in [5.74, 6) is -0.756. The molecule has 1 aromatic rings. The van der Waals surface area contributed by atoms with Gasteiger partial charge in [0.25, 0.3) is 0 Å². The molecule has 0 radical (unpaired) electrons. The summed E-state index contributed by atoms with van der Waals surface area (Å²) in [5, 5.41) is 9.16. The van der Waals surface area contributed by atoms with Crippen molar-refractivity contribution >= 4 is 5.69 Å². The number of aromatic hydroxyl groups is 1. The highest BCUT2D eigenvalue weighted by atomic mass is 19.1. The van der Waals surface area contributed by atoms with Crippen molar-refractivity contribution < 1.29 is 9.50 Å². The molecule has 1 saturated heterocycles. The first kappa shape index (κ1) is 8.35. The van der Waals surface area contributed by atoms with E-state index in [9.17, 15) is 4.39 Å². The Hall–Kier alpha value is -1.25. The van der Waals surface area contributed by atoms with E-state index in [1.54, 1.807) is 12.1 Å². The van der Waals surface area contributed by atoms with Crippen LogP contribution >= 0.6 is 0 Å². The van der Waals surface area contributed by atoms with E-state index < -0.39 is 5.82 Å². The number of nitrogens with zero attached hydrogens (tertiary/aromatic N) is 1. The molecule has 1 heterocycles. The van der Waals surface area contributed by atoms with Gasteiger partial charge < -0.3 is 10.0 Å². The SMILES string of the molecule is Oc1cccc(N2CCCC2)c1F. The van der Waals surface area contributed by atoms with Crippen molar-refractivity contribution in [3.05, 3.63) is 24.0 Å². The average Bonchev–Trinajstić information content (AvgIpc) is 2.62. The minimum Gasteiger partial charge on any atom is -0.505 e. The minimum absolute atomic E-state index is 0.260. The fraction of sp³-hybridized carbons (Fsp3) is 0.400. The molecular weight excluding hydrogens is 169 g/mol. The zero-order valence-corrected chi connectivity index (χ0v) is 7.33. The maximum absolute atomic E-state index is 13.4. The first-order chi connectivity index (χ1) is 6.29. The average molecular weight is 181 g/mol. The highest BCUT2D eigenvalue weighted by Gasteiger charge is 2.17. The van der Waals surface area contributed by atoms with Gasteiger partial charge in [-0.25, -0.2) is 4.39 Å². The second-order valence-corrected chi connectivity index (χ2v) is 3.30. The number of hydrogen-bond donors (Lipinski definition) is 1. The van der Waals surface area contributed by atoms with Gasteiger partial charge in [0.05, 0.1) is 5.69 Å². The van der Waals surface area contributed by atoms with Gasteiger partial charge >= 0.3 is 0 Å². The van der Waals surface area contributed by atoms with Crippen molar-refractivity contribution in [2.24, 2.45) is 0 Å². The van der Waals surface area contributed by atoms with E-state index in [0.717, 1.165) is 25.9 Å². The Bertz CT molecular complexity index is 308. The smallest absolute Gasteiger partial charge is 0.188 e. The van der Waals surface area contributed by atoms with Gasteiger partial charge in [-0.05, 0) is 25.0 Å². The van der Waals surface area contributed by atoms with E-state index in [0.29, 0.717) is 5.69 Å². The quantitative estimate of drug-likeness (QED) is 0.717. The first-order valence-electron chi connectivity index (χ1n) is 4.51. The molecular formula is C10H12FNO. The summed E-state index contributed by atoms with van der Waals surface area (Å²) in [4.78, 5) is 1.97. The largest absolute Gasteiger partial charge is 0.505 e. The van der Waals surface area contributed by atoms with Crippen molar-refractivity contribution in [2.75, 3.05) is 18.0 Å². The van der Waals surface area contributed by atoms with Crippen LogP contribution < -0.4 is 4.90 Å². The maximum atomic E-state index is 13.4. The number of benzene rings is 1. The lowest BCUT2D eigenvalue weighted by molar-refractivity contribution is 0.432. The van der Waals surface area contributed by atoms with Crippen molar-refractivity contribution in [1.82, 2.24) is 0 Å². The zero-order chi connectivity index (χ0) is 9.26. The number of phenols is 1. The van der Waals surface area contributed by atoms with Crippen molar-refractivity contribution in [3.8, 4) is 5.75 Å². The second-order valence-electron chi connectivity index (χ2n) is 3.30. The van der Waals surface area contributed by atoms with E-state index in [1.807, 2.05) is 4.90 Å². The molecule has 70 valence electrons. The third-order valence-corrected chi connectivity index (χ3v) is 2.40. The molecule has 0 aliphatic carbocycles. The van der Waals surface area contributed by atoms with Crippen LogP contribution in [0.15, 0.2) is 18.2 Å². The number of hydrogen-bond acceptors (Lipinski definition) is 2. The lowest BCUT2D eigenvalue weighted by Gasteiger charge is -2.18. The summed E-state index contributed by atoms with van der Waals surface area (Å²) in [7, 11) is 0. The fourth-order valence-corrected chi connectivity index (χ4v) is 1.71. The van der Waals surface area contributed by atoms with E-state index in [4.69, 9.17) is 5.11 Å². The number of anilines is 1. The van der Waals surface area contributed by atoms with E-state index >= 15 is 0 Å². The molecule has 0 atom stereocenters. The molecule has 0 unspecified atom stereocenters. The zero-order valence-electron chi connectivity index (χ0n) is 7.33. The topological polar surface area (TPSA) is 23.5 Å². The van der Waals surface area contributed by atoms with Gasteiger partial charge in [-0.2, -0.15) is 0 Å². The van der Waals surface area contributed by atoms with Gasteiger partial charge in [0.2, 0.25) is 0 Å². The van der Waals surface area contributed by atoms with Crippen LogP contribution in [-0.4, -0.2) is 18.2 Å². The van der Waals surface area contributed by atoms with Crippen LogP contribution in [0.5, 0.6) is 5.75 Å². The Labute approximate surface area is 76.6 Å². The summed E-state index contributed by atoms with van der Waals surface area (Å²) in [6, 6.07) is 4.75. The Balaban J connectivity index is 2.33. The van der Waals surface area contributed by atoms with Gasteiger partial charge in [-0.1, -0.05) is 6.07 Å². The predicted molar refractivity (Wildman–Crippen MR) is 49.5 cm³/mol. The standard InChI is InChI=1S/C10H12FNO/c11-10-8(4-3-5-9(10)13)12-6-1-2-7-12/h3-5,13H,1-2,6-7H2. The van der Waals surface area contributed by atoms with Gasteiger partial charge in [0.1, 0.15) is 0 Å². The van der Waals surface area contributed by atoms with Crippen molar-refractivity contribution in [2.45, 2.75) is 12.8 Å². The second kappa shape index (κ2) is 3.24. The molecule has 0 saturated carbocycles. The van der Waals surface area contributed by atoms with Crippen LogP contribution in [0.3, 0.4) is 0 Å². The molecule has 2 rings (SSSR count). The van der Waals surface area contributed by atoms with Crippen molar-refractivity contribution in [3.63, 3.8) is 0 Å². The third-order valence-electron chi connectivity index (χ3n) is 2.40. The molecule has 0 aromatic heterocycles. The van der Waals surface area contributed by atoms with Crippen molar-refractivity contribution in [1.29, 1.82) is 0 Å². The summed E-state index contributed by atoms with van der Waals surface area (Å²) < 4.78 is 13.4. The number of halogens is 1. The lowest BCUT2D eigenvalue weighted by atomic mass is 10.2. The fourth-order valence-electron chi connectivity index (χ4n) is 1.71. The highest BCUT2D eigenvalue weighted by Crippen LogP contribution is 2.28. The Morgan fingerprint density at radius 3 is 2.62 bits per heavy atom. The summed E-state index contributed by atoms with van der Waals surface area (Å²) in [6.45, 7) is 1.78. The molecule has 1 fully saturated rings. The summed E-state index contributed by atoms with van der Waals surface area (Å²) >= 11 is 0. The van der Waals surface area contributed by atoms with Gasteiger partial charge in [-0.3, -0.25) is 0 Å². The Morgan fingerprint density at radius 2 is 1.92 bits per heavy atom. The number of rotatable bonds is 1. The van der Waals surface area contributed by atoms with E-state index in [2.05, 4.69) is 0 Å². The molecule has 13 heavy (non-hydrogen) atoms. The molecule has 0 spiro atoms. The molecule has 1 aliphatic rings. The molecule has 1 N–H and O–H groups in total. The summed E-state index contributed by atoms with van der Waals surface area (Å²) in [6.07, 6.45) is 2.21. The minimum atomic E-state index is -0.496. The van der Waals surface area contributed by atoms with E-state index in [1.165, 1.54) is 6.07 Å². The van der Waals surface area contributed by atoms with Crippen LogP contribution in [0.25, 0.3) is 0 Å². The molecule has 3 heteroatoms. The normalized spacial score (nSPS) is 16.5. The summed E-state index contributed by atoms with van der Waals surface area (Å²) in [5.41, 5.74) is 0.525. The monoisotopic (exact) mass is 181 g/mol. The van der Waals surface area contributed by atoms with Gasteiger partial charge in [0.15, 0.2) is 11.6 Å². The van der Waals surface area contributed by atoms with Crippen LogP contribution in [0.4, 0.5) is 10.1 Å². The van der Waals surface area contributed by atoms with Crippen LogP contribution in [0, 0.1) is 5.82 Å². The third kappa shape index (κ3) is 1.46.